The van der Waals surface area contributed by atoms with Crippen LogP contribution in [0.25, 0.3) is 0 Å². The van der Waals surface area contributed by atoms with E-state index in [2.05, 4.69) is 20.9 Å². The molecule has 0 saturated carbocycles. The van der Waals surface area contributed by atoms with Crippen molar-refractivity contribution >= 4 is 22.1 Å². The van der Waals surface area contributed by atoms with Gasteiger partial charge in [-0.1, -0.05) is 0 Å². The van der Waals surface area contributed by atoms with Gasteiger partial charge in [0.2, 0.25) is 0 Å². The molecule has 1 unspecified atom stereocenters. The van der Waals surface area contributed by atoms with Crippen molar-refractivity contribution in [1.29, 1.82) is 0 Å². The Morgan fingerprint density at radius 1 is 1.89 bits per heavy atom. The molecule has 0 saturated heterocycles. The summed E-state index contributed by atoms with van der Waals surface area (Å²) in [6.45, 7) is 0. The SMILES string of the molecule is NC1=C(Br)N=CC(F)C1. The molecule has 1 atom stereocenters. The lowest BCUT2D eigenvalue weighted by Crippen LogP contribution is -2.13. The Labute approximate surface area is 60.8 Å². The Morgan fingerprint density at radius 3 is 3.00 bits per heavy atom. The molecule has 1 aliphatic rings. The van der Waals surface area contributed by atoms with Gasteiger partial charge in [-0.05, 0) is 15.9 Å². The van der Waals surface area contributed by atoms with Crippen LogP contribution in [0.4, 0.5) is 4.39 Å². The van der Waals surface area contributed by atoms with Crippen LogP contribution in [0.1, 0.15) is 6.42 Å². The average Bonchev–Trinajstić information content (AvgIpc) is 1.80. The zero-order valence-corrected chi connectivity index (χ0v) is 6.23. The molecule has 4 heteroatoms. The second-order valence-electron chi connectivity index (χ2n) is 1.81. The van der Waals surface area contributed by atoms with E-state index in [-0.39, 0.29) is 6.42 Å². The number of rotatable bonds is 0. The van der Waals surface area contributed by atoms with Crippen LogP contribution in [0.2, 0.25) is 0 Å². The summed E-state index contributed by atoms with van der Waals surface area (Å²) in [5.74, 6) is 0. The van der Waals surface area contributed by atoms with Gasteiger partial charge in [0.1, 0.15) is 10.8 Å². The monoisotopic (exact) mass is 192 g/mol. The second kappa shape index (κ2) is 2.47. The van der Waals surface area contributed by atoms with Crippen molar-refractivity contribution in [2.24, 2.45) is 10.7 Å². The summed E-state index contributed by atoms with van der Waals surface area (Å²) in [5.41, 5.74) is 5.82. The zero-order valence-electron chi connectivity index (χ0n) is 4.64. The molecule has 1 rings (SSSR count). The van der Waals surface area contributed by atoms with Gasteiger partial charge in [-0.2, -0.15) is 0 Å². The average molecular weight is 193 g/mol. The molecule has 0 aliphatic carbocycles. The second-order valence-corrected chi connectivity index (χ2v) is 2.57. The van der Waals surface area contributed by atoms with E-state index in [1.54, 1.807) is 0 Å². The molecular formula is C5H6BrFN2. The predicted octanol–water partition coefficient (Wildman–Crippen LogP) is 1.32. The van der Waals surface area contributed by atoms with Crippen LogP contribution >= 0.6 is 15.9 Å². The molecule has 0 aromatic rings. The fourth-order valence-corrected chi connectivity index (χ4v) is 0.856. The lowest BCUT2D eigenvalue weighted by molar-refractivity contribution is 0.423. The molecule has 0 aromatic carbocycles. The molecule has 0 spiro atoms. The first-order valence-corrected chi connectivity index (χ1v) is 3.32. The highest BCUT2D eigenvalue weighted by atomic mass is 79.9. The Hall–Kier alpha value is -0.380. The molecule has 1 heterocycles. The first-order valence-electron chi connectivity index (χ1n) is 2.52. The third-order valence-corrected chi connectivity index (χ3v) is 1.74. The summed E-state index contributed by atoms with van der Waals surface area (Å²) in [4.78, 5) is 3.66. The minimum Gasteiger partial charge on any atom is -0.400 e. The van der Waals surface area contributed by atoms with Crippen LogP contribution in [0, 0.1) is 0 Å². The highest BCUT2D eigenvalue weighted by Gasteiger charge is 2.11. The Bertz CT molecular complexity index is 176. The summed E-state index contributed by atoms with van der Waals surface area (Å²) >= 11 is 3.07. The van der Waals surface area contributed by atoms with Crippen molar-refractivity contribution in [3.05, 3.63) is 10.3 Å². The van der Waals surface area contributed by atoms with Gasteiger partial charge in [0.15, 0.2) is 0 Å². The van der Waals surface area contributed by atoms with Crippen LogP contribution in [0.3, 0.4) is 0 Å². The maximum Gasteiger partial charge on any atom is 0.141 e. The molecule has 1 aliphatic heterocycles. The number of nitrogens with zero attached hydrogens (tertiary/aromatic N) is 1. The summed E-state index contributed by atoms with van der Waals surface area (Å²) < 4.78 is 12.9. The van der Waals surface area contributed by atoms with E-state index in [1.807, 2.05) is 0 Å². The number of alkyl halides is 1. The van der Waals surface area contributed by atoms with E-state index >= 15 is 0 Å². The molecule has 0 aromatic heterocycles. The van der Waals surface area contributed by atoms with E-state index in [0.717, 1.165) is 0 Å². The van der Waals surface area contributed by atoms with Gasteiger partial charge < -0.3 is 5.73 Å². The quantitative estimate of drug-likeness (QED) is 0.579. The minimum atomic E-state index is -1.01. The van der Waals surface area contributed by atoms with Gasteiger partial charge in [-0.3, -0.25) is 0 Å². The molecule has 50 valence electrons. The fraction of sp³-hybridized carbons (Fsp3) is 0.400. The van der Waals surface area contributed by atoms with Crippen LogP contribution in [0.5, 0.6) is 0 Å². The molecule has 0 fully saturated rings. The van der Waals surface area contributed by atoms with Gasteiger partial charge in [0, 0.05) is 18.3 Å². The minimum absolute atomic E-state index is 0.254. The number of hydrogen-bond donors (Lipinski definition) is 1. The molecule has 9 heavy (non-hydrogen) atoms. The molecule has 0 radical (unpaired) electrons. The van der Waals surface area contributed by atoms with E-state index < -0.39 is 6.17 Å². The van der Waals surface area contributed by atoms with E-state index in [1.165, 1.54) is 6.21 Å². The van der Waals surface area contributed by atoms with Crippen molar-refractivity contribution in [3.63, 3.8) is 0 Å². The first-order chi connectivity index (χ1) is 4.20. The van der Waals surface area contributed by atoms with Crippen molar-refractivity contribution in [2.45, 2.75) is 12.6 Å². The predicted molar refractivity (Wildman–Crippen MR) is 38.1 cm³/mol. The van der Waals surface area contributed by atoms with Crippen LogP contribution in [-0.4, -0.2) is 12.4 Å². The van der Waals surface area contributed by atoms with Gasteiger partial charge in [0.05, 0.1) is 0 Å². The smallest absolute Gasteiger partial charge is 0.141 e. The highest BCUT2D eigenvalue weighted by molar-refractivity contribution is 9.11. The standard InChI is InChI=1S/C5H6BrFN2/c6-5-4(8)1-3(7)2-9-5/h2-3H,1,8H2. The Morgan fingerprint density at radius 2 is 2.56 bits per heavy atom. The van der Waals surface area contributed by atoms with Gasteiger partial charge in [-0.15, -0.1) is 0 Å². The summed E-state index contributed by atoms with van der Waals surface area (Å²) in [6, 6.07) is 0. The van der Waals surface area contributed by atoms with Gasteiger partial charge in [0.25, 0.3) is 0 Å². The van der Waals surface area contributed by atoms with Crippen molar-refractivity contribution in [1.82, 2.24) is 0 Å². The maximum atomic E-state index is 12.3. The largest absolute Gasteiger partial charge is 0.400 e. The fourth-order valence-electron chi connectivity index (χ4n) is 0.576. The first kappa shape index (κ1) is 6.74. The lowest BCUT2D eigenvalue weighted by atomic mass is 10.2. The van der Waals surface area contributed by atoms with Crippen molar-refractivity contribution in [2.75, 3.05) is 0 Å². The number of halogens is 2. The van der Waals surface area contributed by atoms with Crippen LogP contribution in [-0.2, 0) is 0 Å². The Kier molecular flexibility index (Phi) is 1.85. The molecular weight excluding hydrogens is 187 g/mol. The van der Waals surface area contributed by atoms with E-state index in [4.69, 9.17) is 5.73 Å². The summed E-state index contributed by atoms with van der Waals surface area (Å²) in [5, 5.41) is 0. The van der Waals surface area contributed by atoms with E-state index in [0.29, 0.717) is 10.3 Å². The zero-order chi connectivity index (χ0) is 6.85. The number of aliphatic imine (C=N–C) groups is 1. The number of hydrogen-bond acceptors (Lipinski definition) is 2. The summed E-state index contributed by atoms with van der Waals surface area (Å²) in [6.07, 6.45) is 0.483. The normalized spacial score (nSPS) is 27.1. The number of nitrogens with two attached hydrogens (primary N) is 1. The third-order valence-electron chi connectivity index (χ3n) is 1.03. The van der Waals surface area contributed by atoms with Crippen molar-refractivity contribution in [3.8, 4) is 0 Å². The summed E-state index contributed by atoms with van der Waals surface area (Å²) in [7, 11) is 0. The Balaban J connectivity index is 2.75. The molecule has 0 amide bonds. The topological polar surface area (TPSA) is 38.4 Å². The third kappa shape index (κ3) is 1.51. The molecule has 0 bridgehead atoms. The molecule has 2 N–H and O–H groups in total. The van der Waals surface area contributed by atoms with Gasteiger partial charge >= 0.3 is 0 Å². The number of allylic oxidation sites excluding steroid dienone is 1. The maximum absolute atomic E-state index is 12.3. The highest BCUT2D eigenvalue weighted by Crippen LogP contribution is 2.18. The van der Waals surface area contributed by atoms with Crippen LogP contribution in [0.15, 0.2) is 15.3 Å². The van der Waals surface area contributed by atoms with Gasteiger partial charge in [-0.25, -0.2) is 9.38 Å². The lowest BCUT2D eigenvalue weighted by Gasteiger charge is -2.08. The molecule has 2 nitrogen and oxygen atoms in total. The van der Waals surface area contributed by atoms with Crippen LogP contribution < -0.4 is 5.73 Å². The van der Waals surface area contributed by atoms with E-state index in [9.17, 15) is 4.39 Å². The van der Waals surface area contributed by atoms with Crippen molar-refractivity contribution < 1.29 is 4.39 Å².